The van der Waals surface area contributed by atoms with Gasteiger partial charge in [-0.1, -0.05) is 92.1 Å². The first kappa shape index (κ1) is 33.6. The van der Waals surface area contributed by atoms with Crippen molar-refractivity contribution in [1.82, 2.24) is 0 Å². The van der Waals surface area contributed by atoms with Crippen LogP contribution >= 0.6 is 0 Å². The van der Waals surface area contributed by atoms with Crippen LogP contribution in [-0.2, 0) is 27.1 Å². The molecule has 0 amide bonds. The van der Waals surface area contributed by atoms with Crippen molar-refractivity contribution in [2.75, 3.05) is 19.8 Å². The molecule has 3 rings (SSSR count). The van der Waals surface area contributed by atoms with Crippen LogP contribution in [0.25, 0.3) is 6.08 Å². The van der Waals surface area contributed by atoms with Crippen LogP contribution in [0.15, 0.2) is 84.9 Å². The SMILES string of the molecule is CCOC(=O)CCCCC(C=Cc1ccccc1OCCCCCCc1ccccc1)Cc1ccc(C(=O)OCC)cc1. The molecule has 1 unspecified atom stereocenters. The largest absolute Gasteiger partial charge is 0.493 e. The van der Waals surface area contributed by atoms with Crippen LogP contribution in [0.2, 0.25) is 0 Å². The summed E-state index contributed by atoms with van der Waals surface area (Å²) in [5, 5.41) is 0. The summed E-state index contributed by atoms with van der Waals surface area (Å²) in [6, 6.07) is 26.5. The van der Waals surface area contributed by atoms with Crippen LogP contribution in [0.1, 0.15) is 92.3 Å². The zero-order valence-electron chi connectivity index (χ0n) is 26.0. The minimum absolute atomic E-state index is 0.133. The van der Waals surface area contributed by atoms with Gasteiger partial charge in [-0.25, -0.2) is 4.79 Å². The Hall–Kier alpha value is -3.86. The van der Waals surface area contributed by atoms with Gasteiger partial charge in [-0.15, -0.1) is 0 Å². The van der Waals surface area contributed by atoms with Crippen LogP contribution in [0.5, 0.6) is 5.75 Å². The number of ether oxygens (including phenoxy) is 3. The van der Waals surface area contributed by atoms with Crippen molar-refractivity contribution in [3.8, 4) is 5.75 Å². The molecule has 0 aliphatic heterocycles. The Labute approximate surface area is 258 Å². The van der Waals surface area contributed by atoms with Crippen LogP contribution < -0.4 is 4.74 Å². The number of carbonyl (C=O) groups is 2. The molecule has 43 heavy (non-hydrogen) atoms. The van der Waals surface area contributed by atoms with Gasteiger partial charge >= 0.3 is 11.9 Å². The first-order valence-corrected chi connectivity index (χ1v) is 15.9. The van der Waals surface area contributed by atoms with E-state index in [1.54, 1.807) is 0 Å². The fourth-order valence-electron chi connectivity index (χ4n) is 5.07. The number of unbranched alkanes of at least 4 members (excludes halogenated alkanes) is 4. The summed E-state index contributed by atoms with van der Waals surface area (Å²) < 4.78 is 16.4. The van der Waals surface area contributed by atoms with Crippen LogP contribution in [0, 0.1) is 5.92 Å². The van der Waals surface area contributed by atoms with E-state index in [0.29, 0.717) is 31.8 Å². The Morgan fingerprint density at radius 2 is 1.44 bits per heavy atom. The van der Waals surface area contributed by atoms with E-state index in [4.69, 9.17) is 14.2 Å². The second-order valence-corrected chi connectivity index (χ2v) is 10.8. The third kappa shape index (κ3) is 13.3. The van der Waals surface area contributed by atoms with Crippen molar-refractivity contribution in [2.24, 2.45) is 5.92 Å². The van der Waals surface area contributed by atoms with E-state index in [1.165, 1.54) is 18.4 Å². The third-order valence-corrected chi connectivity index (χ3v) is 7.40. The number of carbonyl (C=O) groups excluding carboxylic acids is 2. The maximum Gasteiger partial charge on any atom is 0.338 e. The molecule has 0 aliphatic carbocycles. The summed E-state index contributed by atoms with van der Waals surface area (Å²) in [7, 11) is 0. The van der Waals surface area contributed by atoms with Gasteiger partial charge in [-0.05, 0) is 87.6 Å². The van der Waals surface area contributed by atoms with E-state index < -0.39 is 0 Å². The molecule has 0 heterocycles. The molecule has 0 saturated carbocycles. The number of hydrogen-bond donors (Lipinski definition) is 0. The van der Waals surface area contributed by atoms with Gasteiger partial charge in [0.05, 0.1) is 25.4 Å². The molecular formula is C38H48O5. The second kappa shape index (κ2) is 20.1. The van der Waals surface area contributed by atoms with Gasteiger partial charge in [0.2, 0.25) is 0 Å². The first-order chi connectivity index (χ1) is 21.1. The molecule has 0 aliphatic rings. The summed E-state index contributed by atoms with van der Waals surface area (Å²) >= 11 is 0. The summed E-state index contributed by atoms with van der Waals surface area (Å²) in [6.45, 7) is 5.13. The van der Waals surface area contributed by atoms with Gasteiger partial charge in [0.15, 0.2) is 0 Å². The number of para-hydroxylation sites is 1. The average molecular weight is 585 g/mol. The van der Waals surface area contributed by atoms with Gasteiger partial charge in [0.1, 0.15) is 5.75 Å². The molecule has 0 saturated heterocycles. The maximum absolute atomic E-state index is 12.1. The highest BCUT2D eigenvalue weighted by atomic mass is 16.5. The molecule has 5 heteroatoms. The van der Waals surface area contributed by atoms with E-state index >= 15 is 0 Å². The molecule has 0 aromatic heterocycles. The fourth-order valence-corrected chi connectivity index (χ4v) is 5.07. The molecule has 5 nitrogen and oxygen atoms in total. The Morgan fingerprint density at radius 3 is 2.21 bits per heavy atom. The zero-order valence-corrected chi connectivity index (χ0v) is 26.0. The first-order valence-electron chi connectivity index (χ1n) is 15.9. The molecule has 0 N–H and O–H groups in total. The molecule has 1 atom stereocenters. The van der Waals surface area contributed by atoms with Crippen molar-refractivity contribution >= 4 is 18.0 Å². The molecule has 0 bridgehead atoms. The van der Waals surface area contributed by atoms with Crippen molar-refractivity contribution in [3.05, 3.63) is 107 Å². The average Bonchev–Trinajstić information content (AvgIpc) is 3.03. The van der Waals surface area contributed by atoms with E-state index in [-0.39, 0.29) is 17.9 Å². The summed E-state index contributed by atoms with van der Waals surface area (Å²) in [6.07, 6.45) is 14.1. The predicted molar refractivity (Wildman–Crippen MR) is 174 cm³/mol. The second-order valence-electron chi connectivity index (χ2n) is 10.8. The van der Waals surface area contributed by atoms with Crippen molar-refractivity contribution in [2.45, 2.75) is 78.1 Å². The van der Waals surface area contributed by atoms with Gasteiger partial charge in [-0.2, -0.15) is 0 Å². The Balaban J connectivity index is 1.54. The highest BCUT2D eigenvalue weighted by Crippen LogP contribution is 2.24. The van der Waals surface area contributed by atoms with Gasteiger partial charge < -0.3 is 14.2 Å². The minimum atomic E-state index is -0.298. The Kier molecular flexibility index (Phi) is 15.7. The van der Waals surface area contributed by atoms with E-state index in [2.05, 4.69) is 48.6 Å². The Bertz CT molecular complexity index is 1230. The smallest absolute Gasteiger partial charge is 0.338 e. The molecule has 0 radical (unpaired) electrons. The maximum atomic E-state index is 12.1. The molecule has 3 aromatic carbocycles. The van der Waals surface area contributed by atoms with E-state index in [0.717, 1.165) is 61.8 Å². The lowest BCUT2D eigenvalue weighted by Gasteiger charge is -2.14. The van der Waals surface area contributed by atoms with Crippen LogP contribution in [0.4, 0.5) is 0 Å². The van der Waals surface area contributed by atoms with Crippen LogP contribution in [-0.4, -0.2) is 31.8 Å². The lowest BCUT2D eigenvalue weighted by molar-refractivity contribution is -0.143. The van der Waals surface area contributed by atoms with Crippen molar-refractivity contribution in [1.29, 1.82) is 0 Å². The highest BCUT2D eigenvalue weighted by Gasteiger charge is 2.11. The lowest BCUT2D eigenvalue weighted by atomic mass is 9.92. The standard InChI is InChI=1S/C38H48O5/c1-3-41-37(39)22-14-11-19-32(30-33-24-27-35(28-25-33)38(40)42-4-2)23-26-34-20-12-13-21-36(34)43-29-15-6-5-8-16-31-17-9-7-10-18-31/h7,9-10,12-13,17-18,20-21,23-28,32H,3-6,8,11,14-16,19,22,29-30H2,1-2H3. The lowest BCUT2D eigenvalue weighted by Crippen LogP contribution is -2.06. The number of rotatable bonds is 20. The molecule has 3 aromatic rings. The van der Waals surface area contributed by atoms with Crippen molar-refractivity contribution < 1.29 is 23.8 Å². The van der Waals surface area contributed by atoms with Crippen molar-refractivity contribution in [3.63, 3.8) is 0 Å². The van der Waals surface area contributed by atoms with Crippen LogP contribution in [0.3, 0.4) is 0 Å². The number of allylic oxidation sites excluding steroid dienone is 1. The summed E-state index contributed by atoms with van der Waals surface area (Å²) in [4.78, 5) is 23.8. The van der Waals surface area contributed by atoms with Gasteiger partial charge in [0, 0.05) is 12.0 Å². The van der Waals surface area contributed by atoms with Gasteiger partial charge in [0.25, 0.3) is 0 Å². The normalized spacial score (nSPS) is 11.8. The number of hydrogen-bond acceptors (Lipinski definition) is 5. The zero-order chi connectivity index (χ0) is 30.5. The number of aryl methyl sites for hydroxylation is 1. The predicted octanol–water partition coefficient (Wildman–Crippen LogP) is 9.04. The topological polar surface area (TPSA) is 61.8 Å². The third-order valence-electron chi connectivity index (χ3n) is 7.40. The molecule has 0 spiro atoms. The monoisotopic (exact) mass is 584 g/mol. The number of benzene rings is 3. The highest BCUT2D eigenvalue weighted by molar-refractivity contribution is 5.89. The summed E-state index contributed by atoms with van der Waals surface area (Å²) in [5.74, 6) is 0.746. The van der Waals surface area contributed by atoms with Gasteiger partial charge in [-0.3, -0.25) is 4.79 Å². The molecular weight excluding hydrogens is 536 g/mol. The fraction of sp³-hybridized carbons (Fsp3) is 0.421. The minimum Gasteiger partial charge on any atom is -0.493 e. The quantitative estimate of drug-likeness (QED) is 0.0979. The number of esters is 2. The molecule has 230 valence electrons. The summed E-state index contributed by atoms with van der Waals surface area (Å²) in [5.41, 5.74) is 4.20. The van der Waals surface area contributed by atoms with E-state index in [9.17, 15) is 9.59 Å². The Morgan fingerprint density at radius 1 is 0.721 bits per heavy atom. The van der Waals surface area contributed by atoms with E-state index in [1.807, 2.05) is 56.3 Å². The molecule has 0 fully saturated rings.